The summed E-state index contributed by atoms with van der Waals surface area (Å²) in [7, 11) is 0. The van der Waals surface area contributed by atoms with Crippen LogP contribution in [0.1, 0.15) is 22.8 Å². The number of carbonyl (C=O) groups is 1. The second-order valence-corrected chi connectivity index (χ2v) is 4.47. The maximum absolute atomic E-state index is 14.0. The summed E-state index contributed by atoms with van der Waals surface area (Å²) in [6, 6.07) is 4.64. The van der Waals surface area contributed by atoms with E-state index in [1.807, 2.05) is 6.92 Å². The molecule has 19 heavy (non-hydrogen) atoms. The van der Waals surface area contributed by atoms with Gasteiger partial charge in [0.1, 0.15) is 11.5 Å². The van der Waals surface area contributed by atoms with Crippen molar-refractivity contribution in [2.75, 3.05) is 0 Å². The Bertz CT molecular complexity index is 606. The number of primary amides is 1. The number of nitrogens with two attached hydrogens (primary N) is 2. The number of hydrogen-bond donors (Lipinski definition) is 2. The highest BCUT2D eigenvalue weighted by molar-refractivity contribution is 5.92. The number of rotatable bonds is 4. The predicted molar refractivity (Wildman–Crippen MR) is 69.4 cm³/mol. The van der Waals surface area contributed by atoms with E-state index < -0.39 is 11.7 Å². The van der Waals surface area contributed by atoms with Crippen LogP contribution in [-0.4, -0.2) is 21.7 Å². The molecule has 2 rings (SSSR count). The Morgan fingerprint density at radius 1 is 1.53 bits per heavy atom. The number of benzene rings is 1. The van der Waals surface area contributed by atoms with Crippen LogP contribution < -0.4 is 11.5 Å². The zero-order valence-electron chi connectivity index (χ0n) is 10.5. The monoisotopic (exact) mass is 262 g/mol. The summed E-state index contributed by atoms with van der Waals surface area (Å²) in [5.74, 6) is -1.02. The molecule has 2 aromatic rings. The molecule has 0 aliphatic rings. The van der Waals surface area contributed by atoms with E-state index >= 15 is 0 Å². The van der Waals surface area contributed by atoms with Crippen molar-refractivity contribution in [3.05, 3.63) is 47.5 Å². The molecule has 100 valence electrons. The number of amides is 1. The van der Waals surface area contributed by atoms with Crippen LogP contribution in [0, 0.1) is 5.82 Å². The van der Waals surface area contributed by atoms with Gasteiger partial charge in [0.25, 0.3) is 5.91 Å². The minimum Gasteiger partial charge on any atom is -0.366 e. The number of aromatic nitrogens is 2. The lowest BCUT2D eigenvalue weighted by Gasteiger charge is -2.12. The first-order chi connectivity index (χ1) is 8.99. The van der Waals surface area contributed by atoms with Gasteiger partial charge in [0.15, 0.2) is 0 Å². The molecule has 0 spiro atoms. The van der Waals surface area contributed by atoms with Gasteiger partial charge in [0.2, 0.25) is 0 Å². The van der Waals surface area contributed by atoms with Gasteiger partial charge in [-0.2, -0.15) is 5.10 Å². The average Bonchev–Trinajstić information content (AvgIpc) is 2.77. The second kappa shape index (κ2) is 5.19. The Balaban J connectivity index is 2.50. The SMILES string of the molecule is CC(N)Cc1cccc(F)c1-n1cc(C(N)=O)cn1. The molecule has 0 aliphatic carbocycles. The summed E-state index contributed by atoms with van der Waals surface area (Å²) in [5, 5.41) is 3.97. The zero-order chi connectivity index (χ0) is 14.0. The van der Waals surface area contributed by atoms with Gasteiger partial charge in [-0.15, -0.1) is 0 Å². The fourth-order valence-electron chi connectivity index (χ4n) is 1.90. The molecule has 1 atom stereocenters. The molecule has 0 radical (unpaired) electrons. The van der Waals surface area contributed by atoms with Crippen molar-refractivity contribution < 1.29 is 9.18 Å². The van der Waals surface area contributed by atoms with Crippen LogP contribution in [0.25, 0.3) is 5.69 Å². The summed E-state index contributed by atoms with van der Waals surface area (Å²) < 4.78 is 15.3. The lowest BCUT2D eigenvalue weighted by Crippen LogP contribution is -2.19. The molecule has 0 saturated heterocycles. The first-order valence-corrected chi connectivity index (χ1v) is 5.87. The van der Waals surface area contributed by atoms with Crippen LogP contribution in [0.15, 0.2) is 30.6 Å². The zero-order valence-corrected chi connectivity index (χ0v) is 10.5. The molecule has 1 unspecified atom stereocenters. The number of hydrogen-bond acceptors (Lipinski definition) is 3. The lowest BCUT2D eigenvalue weighted by atomic mass is 10.1. The molecule has 0 saturated carbocycles. The van der Waals surface area contributed by atoms with Gasteiger partial charge in [-0.25, -0.2) is 9.07 Å². The largest absolute Gasteiger partial charge is 0.366 e. The van der Waals surface area contributed by atoms with E-state index in [4.69, 9.17) is 11.5 Å². The standard InChI is InChI=1S/C13H15FN4O/c1-8(15)5-9-3-2-4-11(14)12(9)18-7-10(6-17-18)13(16)19/h2-4,6-8H,5,15H2,1H3,(H2,16,19). The van der Waals surface area contributed by atoms with Gasteiger partial charge in [0, 0.05) is 12.2 Å². The molecular formula is C13H15FN4O. The maximum atomic E-state index is 14.0. The van der Waals surface area contributed by atoms with Crippen molar-refractivity contribution in [3.8, 4) is 5.69 Å². The number of carbonyl (C=O) groups excluding carboxylic acids is 1. The molecule has 6 heteroatoms. The van der Waals surface area contributed by atoms with E-state index in [9.17, 15) is 9.18 Å². The molecular weight excluding hydrogens is 247 g/mol. The van der Waals surface area contributed by atoms with Crippen molar-refractivity contribution in [2.45, 2.75) is 19.4 Å². The number of halogens is 1. The highest BCUT2D eigenvalue weighted by Crippen LogP contribution is 2.20. The van der Waals surface area contributed by atoms with Crippen LogP contribution in [0.4, 0.5) is 4.39 Å². The summed E-state index contributed by atoms with van der Waals surface area (Å²) in [4.78, 5) is 11.0. The normalized spacial score (nSPS) is 12.4. The van der Waals surface area contributed by atoms with Gasteiger partial charge < -0.3 is 11.5 Å². The Hall–Kier alpha value is -2.21. The quantitative estimate of drug-likeness (QED) is 0.861. The van der Waals surface area contributed by atoms with Crippen LogP contribution in [0.5, 0.6) is 0 Å². The van der Waals surface area contributed by atoms with Gasteiger partial charge in [-0.05, 0) is 25.0 Å². The Kier molecular flexibility index (Phi) is 3.62. The minimum absolute atomic E-state index is 0.105. The van der Waals surface area contributed by atoms with E-state index in [0.29, 0.717) is 12.1 Å². The van der Waals surface area contributed by atoms with Crippen molar-refractivity contribution in [2.24, 2.45) is 11.5 Å². The fourth-order valence-corrected chi connectivity index (χ4v) is 1.90. The molecule has 0 fully saturated rings. The Morgan fingerprint density at radius 2 is 2.26 bits per heavy atom. The van der Waals surface area contributed by atoms with Gasteiger partial charge in [0.05, 0.1) is 11.8 Å². The molecule has 4 N–H and O–H groups in total. The van der Waals surface area contributed by atoms with Crippen LogP contribution in [0.2, 0.25) is 0 Å². The predicted octanol–water partition coefficient (Wildman–Crippen LogP) is 1.00. The van der Waals surface area contributed by atoms with E-state index in [-0.39, 0.29) is 11.6 Å². The lowest BCUT2D eigenvalue weighted by molar-refractivity contribution is 0.100. The fraction of sp³-hybridized carbons (Fsp3) is 0.231. The van der Waals surface area contributed by atoms with E-state index in [0.717, 1.165) is 5.56 Å². The molecule has 1 heterocycles. The Labute approximate surface area is 110 Å². The van der Waals surface area contributed by atoms with E-state index in [2.05, 4.69) is 5.10 Å². The smallest absolute Gasteiger partial charge is 0.251 e. The molecule has 0 aliphatic heterocycles. The molecule has 0 bridgehead atoms. The maximum Gasteiger partial charge on any atom is 0.251 e. The third-order valence-corrected chi connectivity index (χ3v) is 2.71. The average molecular weight is 262 g/mol. The van der Waals surface area contributed by atoms with Crippen molar-refractivity contribution >= 4 is 5.91 Å². The third kappa shape index (κ3) is 2.79. The summed E-state index contributed by atoms with van der Waals surface area (Å²) in [5.41, 5.74) is 12.2. The van der Waals surface area contributed by atoms with E-state index in [1.165, 1.54) is 23.1 Å². The molecule has 1 aromatic heterocycles. The van der Waals surface area contributed by atoms with E-state index in [1.54, 1.807) is 12.1 Å². The van der Waals surface area contributed by atoms with Crippen molar-refractivity contribution in [1.29, 1.82) is 0 Å². The van der Waals surface area contributed by atoms with Gasteiger partial charge in [-0.1, -0.05) is 12.1 Å². The molecule has 1 aromatic carbocycles. The number of para-hydroxylation sites is 1. The van der Waals surface area contributed by atoms with Gasteiger partial charge >= 0.3 is 0 Å². The third-order valence-electron chi connectivity index (χ3n) is 2.71. The number of nitrogens with zero attached hydrogens (tertiary/aromatic N) is 2. The highest BCUT2D eigenvalue weighted by Gasteiger charge is 2.14. The van der Waals surface area contributed by atoms with Gasteiger partial charge in [-0.3, -0.25) is 4.79 Å². The summed E-state index contributed by atoms with van der Waals surface area (Å²) in [6.45, 7) is 1.84. The van der Waals surface area contributed by atoms with Crippen molar-refractivity contribution in [3.63, 3.8) is 0 Å². The topological polar surface area (TPSA) is 86.9 Å². The molecule has 1 amide bonds. The molecule has 5 nitrogen and oxygen atoms in total. The van der Waals surface area contributed by atoms with Crippen molar-refractivity contribution in [1.82, 2.24) is 9.78 Å². The van der Waals surface area contributed by atoms with Crippen LogP contribution in [0.3, 0.4) is 0 Å². The summed E-state index contributed by atoms with van der Waals surface area (Å²) >= 11 is 0. The van der Waals surface area contributed by atoms with Crippen LogP contribution in [-0.2, 0) is 6.42 Å². The highest BCUT2D eigenvalue weighted by atomic mass is 19.1. The first-order valence-electron chi connectivity index (χ1n) is 5.87. The first kappa shape index (κ1) is 13.2. The van der Waals surface area contributed by atoms with Crippen LogP contribution >= 0.6 is 0 Å². The summed E-state index contributed by atoms with van der Waals surface area (Å²) in [6.07, 6.45) is 3.23. The Morgan fingerprint density at radius 3 is 2.84 bits per heavy atom. The second-order valence-electron chi connectivity index (χ2n) is 4.47. The minimum atomic E-state index is -0.601.